The molecule has 2 fully saturated rings. The van der Waals surface area contributed by atoms with Gasteiger partial charge in [-0.25, -0.2) is 0 Å². The van der Waals surface area contributed by atoms with Gasteiger partial charge in [-0.2, -0.15) is 0 Å². The van der Waals surface area contributed by atoms with Crippen molar-refractivity contribution in [3.63, 3.8) is 0 Å². The molecule has 0 radical (unpaired) electrons. The zero-order valence-corrected chi connectivity index (χ0v) is 14.9. The van der Waals surface area contributed by atoms with Gasteiger partial charge in [0.05, 0.1) is 5.60 Å². The van der Waals surface area contributed by atoms with Crippen LogP contribution in [0.2, 0.25) is 0 Å². The summed E-state index contributed by atoms with van der Waals surface area (Å²) in [6.07, 6.45) is 5.91. The summed E-state index contributed by atoms with van der Waals surface area (Å²) in [6, 6.07) is 19.7. The van der Waals surface area contributed by atoms with Crippen LogP contribution in [-0.4, -0.2) is 16.4 Å². The minimum absolute atomic E-state index is 0.153. The van der Waals surface area contributed by atoms with E-state index in [0.29, 0.717) is 5.92 Å². The molecule has 0 spiro atoms. The monoisotopic (exact) mass is 340 g/mol. The quantitative estimate of drug-likeness (QED) is 0.855. The molecule has 126 valence electrons. The molecule has 2 aromatic rings. The molecule has 3 heteroatoms. The predicted molar refractivity (Wildman–Crippen MR) is 99.7 cm³/mol. The molecule has 2 aliphatic rings. The number of hydrogen-bond donors (Lipinski definition) is 1. The number of fused-ring (bicyclic) bond motifs is 2. The summed E-state index contributed by atoms with van der Waals surface area (Å²) in [5, 5.41) is 13.2. The van der Waals surface area contributed by atoms with Gasteiger partial charge < -0.3 is 9.67 Å². The van der Waals surface area contributed by atoms with Crippen molar-refractivity contribution in [1.82, 2.24) is 0 Å². The van der Waals surface area contributed by atoms with E-state index >= 15 is 0 Å². The van der Waals surface area contributed by atoms with E-state index in [-0.39, 0.29) is 5.66 Å². The Morgan fingerprint density at radius 1 is 0.917 bits per heavy atom. The fourth-order valence-electron chi connectivity index (χ4n) is 4.90. The lowest BCUT2D eigenvalue weighted by molar-refractivity contribution is 0.0403. The van der Waals surface area contributed by atoms with Crippen LogP contribution in [0.5, 0.6) is 0 Å². The topological polar surface area (TPSA) is 37.3 Å². The highest BCUT2D eigenvalue weighted by Gasteiger charge is 2.55. The fourth-order valence-corrected chi connectivity index (χ4v) is 8.66. The van der Waals surface area contributed by atoms with Crippen LogP contribution >= 0.6 is 7.14 Å². The third-order valence-corrected chi connectivity index (χ3v) is 9.71. The zero-order chi connectivity index (χ0) is 16.6. The van der Waals surface area contributed by atoms with Crippen LogP contribution in [0.1, 0.15) is 38.5 Å². The first-order valence-electron chi connectivity index (χ1n) is 9.06. The molecule has 0 heterocycles. The van der Waals surface area contributed by atoms with Gasteiger partial charge in [-0.1, -0.05) is 79.9 Å². The molecular weight excluding hydrogens is 315 g/mol. The highest BCUT2D eigenvalue weighted by atomic mass is 31.2. The van der Waals surface area contributed by atoms with E-state index in [1.54, 1.807) is 0 Å². The van der Waals surface area contributed by atoms with E-state index in [4.69, 9.17) is 0 Å². The standard InChI is InChI=1S/C21H25O2P/c22-21-14-8-7-9-17(16-21)15-20(21)24(23,18-10-3-1-4-11-18)19-12-5-2-6-13-19/h1-6,10-13,17,20,22H,7-9,14-16H2/t17-,20?,21+/m0/s1. The van der Waals surface area contributed by atoms with Gasteiger partial charge in [-0.3, -0.25) is 0 Å². The predicted octanol–water partition coefficient (Wildman–Crippen LogP) is 4.08. The number of benzene rings is 2. The molecule has 0 aliphatic heterocycles. The van der Waals surface area contributed by atoms with E-state index < -0.39 is 12.7 Å². The molecule has 0 amide bonds. The second-order valence-electron chi connectivity index (χ2n) is 7.50. The van der Waals surface area contributed by atoms with Gasteiger partial charge in [-0.15, -0.1) is 0 Å². The third-order valence-electron chi connectivity index (χ3n) is 6.01. The SMILES string of the molecule is O=P(c1ccccc1)(c1ccccc1)C1C[C@@H]2CCCC[C@@]1(O)C2. The second-order valence-corrected chi connectivity index (χ2v) is 10.5. The molecular formula is C21H25O2P. The molecule has 3 atom stereocenters. The number of rotatable bonds is 3. The van der Waals surface area contributed by atoms with E-state index in [1.165, 1.54) is 12.8 Å². The maximum atomic E-state index is 14.5. The maximum Gasteiger partial charge on any atom is 0.148 e. The Morgan fingerprint density at radius 3 is 2.08 bits per heavy atom. The fraction of sp³-hybridized carbons (Fsp3) is 0.429. The van der Waals surface area contributed by atoms with Crippen molar-refractivity contribution in [2.75, 3.05) is 0 Å². The highest BCUT2D eigenvalue weighted by Crippen LogP contribution is 2.61. The third kappa shape index (κ3) is 2.57. The molecule has 0 saturated heterocycles. The normalized spacial score (nSPS) is 30.0. The van der Waals surface area contributed by atoms with Gasteiger partial charge in [0.25, 0.3) is 0 Å². The van der Waals surface area contributed by atoms with Crippen molar-refractivity contribution in [2.45, 2.75) is 49.8 Å². The summed E-state index contributed by atoms with van der Waals surface area (Å²) >= 11 is 0. The Hall–Kier alpha value is -1.37. The highest BCUT2D eigenvalue weighted by molar-refractivity contribution is 7.79. The van der Waals surface area contributed by atoms with Crippen LogP contribution < -0.4 is 10.6 Å². The Bertz CT molecular complexity index is 699. The summed E-state index contributed by atoms with van der Waals surface area (Å²) in [5.74, 6) is 0.517. The van der Waals surface area contributed by atoms with E-state index in [9.17, 15) is 9.67 Å². The van der Waals surface area contributed by atoms with Crippen LogP contribution in [0.4, 0.5) is 0 Å². The average Bonchev–Trinajstić information content (AvgIpc) is 2.83. The summed E-state index contributed by atoms with van der Waals surface area (Å²) < 4.78 is 14.5. The summed E-state index contributed by atoms with van der Waals surface area (Å²) in [6.45, 7) is 0. The van der Waals surface area contributed by atoms with Gasteiger partial charge in [0.1, 0.15) is 7.14 Å². The van der Waals surface area contributed by atoms with Crippen molar-refractivity contribution in [3.8, 4) is 0 Å². The Morgan fingerprint density at radius 2 is 1.50 bits per heavy atom. The molecule has 4 rings (SSSR count). The Labute approximate surface area is 144 Å². The molecule has 2 bridgehead atoms. The van der Waals surface area contributed by atoms with Crippen molar-refractivity contribution in [1.29, 1.82) is 0 Å². The molecule has 24 heavy (non-hydrogen) atoms. The zero-order valence-electron chi connectivity index (χ0n) is 14.0. The van der Waals surface area contributed by atoms with Crippen molar-refractivity contribution in [2.24, 2.45) is 5.92 Å². The van der Waals surface area contributed by atoms with Gasteiger partial charge in [0.2, 0.25) is 0 Å². The summed E-state index contributed by atoms with van der Waals surface area (Å²) in [5.41, 5.74) is -0.928. The molecule has 2 aromatic carbocycles. The lowest BCUT2D eigenvalue weighted by atomic mass is 9.96. The van der Waals surface area contributed by atoms with E-state index in [1.807, 2.05) is 60.7 Å². The summed E-state index contributed by atoms with van der Waals surface area (Å²) in [7, 11) is -2.88. The second kappa shape index (κ2) is 6.17. The molecule has 2 nitrogen and oxygen atoms in total. The minimum Gasteiger partial charge on any atom is -0.389 e. The van der Waals surface area contributed by atoms with Crippen molar-refractivity contribution in [3.05, 3.63) is 60.7 Å². The molecule has 1 unspecified atom stereocenters. The minimum atomic E-state index is -2.88. The van der Waals surface area contributed by atoms with Gasteiger partial charge >= 0.3 is 0 Å². The smallest absolute Gasteiger partial charge is 0.148 e. The van der Waals surface area contributed by atoms with Gasteiger partial charge in [0.15, 0.2) is 0 Å². The van der Waals surface area contributed by atoms with Crippen molar-refractivity contribution >= 4 is 17.8 Å². The maximum absolute atomic E-state index is 14.5. The molecule has 1 N–H and O–H groups in total. The van der Waals surface area contributed by atoms with Crippen LogP contribution in [0.15, 0.2) is 60.7 Å². The van der Waals surface area contributed by atoms with Gasteiger partial charge in [-0.05, 0) is 25.2 Å². The summed E-state index contributed by atoms with van der Waals surface area (Å²) in [4.78, 5) is 0. The molecule has 0 aromatic heterocycles. The van der Waals surface area contributed by atoms with E-state index in [2.05, 4.69) is 0 Å². The largest absolute Gasteiger partial charge is 0.389 e. The lowest BCUT2D eigenvalue weighted by Gasteiger charge is -2.36. The average molecular weight is 340 g/mol. The van der Waals surface area contributed by atoms with Crippen LogP contribution in [-0.2, 0) is 4.57 Å². The Kier molecular flexibility index (Phi) is 4.14. The van der Waals surface area contributed by atoms with Gasteiger partial charge in [0, 0.05) is 16.3 Å². The van der Waals surface area contributed by atoms with Crippen LogP contribution in [0.25, 0.3) is 0 Å². The molecule has 2 saturated carbocycles. The first kappa shape index (κ1) is 16.1. The number of hydrogen-bond acceptors (Lipinski definition) is 2. The first-order chi connectivity index (χ1) is 11.6. The first-order valence-corrected chi connectivity index (χ1v) is 10.8. The molecule has 2 aliphatic carbocycles. The van der Waals surface area contributed by atoms with E-state index in [0.717, 1.165) is 36.3 Å². The van der Waals surface area contributed by atoms with Crippen LogP contribution in [0, 0.1) is 5.92 Å². The Balaban J connectivity index is 1.87. The van der Waals surface area contributed by atoms with Crippen LogP contribution in [0.3, 0.4) is 0 Å². The number of aliphatic hydroxyl groups is 1. The van der Waals surface area contributed by atoms with Crippen molar-refractivity contribution < 1.29 is 9.67 Å². The lowest BCUT2D eigenvalue weighted by Crippen LogP contribution is -2.41.